The molecule has 0 saturated carbocycles. The molecule has 0 unspecified atom stereocenters. The third kappa shape index (κ3) is 2.69. The summed E-state index contributed by atoms with van der Waals surface area (Å²) in [6.07, 6.45) is 0. The number of nitrogen functional groups attached to an aromatic ring is 1. The molecule has 0 radical (unpaired) electrons. The van der Waals surface area contributed by atoms with Crippen LogP contribution in [0.3, 0.4) is 0 Å². The summed E-state index contributed by atoms with van der Waals surface area (Å²) in [4.78, 5) is 0. The molecule has 3 N–H and O–H groups in total. The molecule has 0 bridgehead atoms. The van der Waals surface area contributed by atoms with Gasteiger partial charge in [-0.1, -0.05) is 48.0 Å². The van der Waals surface area contributed by atoms with Gasteiger partial charge >= 0.3 is 0 Å². The fourth-order valence-electron chi connectivity index (χ4n) is 2.19. The normalized spacial score (nSPS) is 10.5. The van der Waals surface area contributed by atoms with Crippen molar-refractivity contribution in [1.29, 1.82) is 5.41 Å². The first-order valence-electron chi connectivity index (χ1n) is 6.45. The van der Waals surface area contributed by atoms with Crippen molar-refractivity contribution in [2.75, 3.05) is 0 Å². The lowest BCUT2D eigenvalue weighted by Gasteiger charge is -2.10. The van der Waals surface area contributed by atoms with Gasteiger partial charge in [0.15, 0.2) is 0 Å². The Hall–Kier alpha value is -2.52. The Morgan fingerprint density at radius 2 is 1.76 bits per heavy atom. The van der Waals surface area contributed by atoms with E-state index < -0.39 is 0 Å². The predicted octanol–water partition coefficient (Wildman–Crippen LogP) is 4.57. The number of nitrogens with two attached hydrogens (primary N) is 1. The number of benzene rings is 3. The van der Waals surface area contributed by atoms with Crippen LogP contribution in [-0.4, -0.2) is 5.84 Å². The molecular weight excluding hydrogens is 284 g/mol. The lowest BCUT2D eigenvalue weighted by atomic mass is 10.1. The monoisotopic (exact) mass is 296 g/mol. The van der Waals surface area contributed by atoms with Crippen molar-refractivity contribution in [2.45, 2.75) is 0 Å². The fourth-order valence-corrected chi connectivity index (χ4v) is 2.46. The van der Waals surface area contributed by atoms with Crippen LogP contribution in [0.5, 0.6) is 11.5 Å². The maximum Gasteiger partial charge on any atom is 0.135 e. The lowest BCUT2D eigenvalue weighted by molar-refractivity contribution is 0.488. The summed E-state index contributed by atoms with van der Waals surface area (Å²) in [5.41, 5.74) is 5.95. The van der Waals surface area contributed by atoms with Crippen LogP contribution < -0.4 is 10.5 Å². The van der Waals surface area contributed by atoms with E-state index in [0.717, 1.165) is 16.5 Å². The molecule has 0 aliphatic rings. The summed E-state index contributed by atoms with van der Waals surface area (Å²) < 4.78 is 5.91. The van der Waals surface area contributed by atoms with Crippen molar-refractivity contribution in [1.82, 2.24) is 0 Å². The largest absolute Gasteiger partial charge is 0.457 e. The van der Waals surface area contributed by atoms with Gasteiger partial charge in [0.1, 0.15) is 17.3 Å². The van der Waals surface area contributed by atoms with Crippen LogP contribution in [-0.2, 0) is 0 Å². The van der Waals surface area contributed by atoms with Crippen LogP contribution in [0.1, 0.15) is 5.56 Å². The number of halogens is 1. The summed E-state index contributed by atoms with van der Waals surface area (Å²) in [5.74, 6) is 1.32. The van der Waals surface area contributed by atoms with Gasteiger partial charge in [-0.2, -0.15) is 0 Å². The molecule has 0 aliphatic carbocycles. The number of amidine groups is 1. The maximum absolute atomic E-state index is 7.43. The van der Waals surface area contributed by atoms with Gasteiger partial charge in [-0.05, 0) is 23.6 Å². The molecule has 4 heteroatoms. The molecule has 3 aromatic rings. The van der Waals surface area contributed by atoms with Crippen LogP contribution >= 0.6 is 11.6 Å². The van der Waals surface area contributed by atoms with E-state index in [-0.39, 0.29) is 5.84 Å². The topological polar surface area (TPSA) is 59.1 Å². The zero-order valence-electron chi connectivity index (χ0n) is 11.1. The van der Waals surface area contributed by atoms with Gasteiger partial charge in [-0.15, -0.1) is 0 Å². The Bertz CT molecular complexity index is 825. The Morgan fingerprint density at radius 3 is 2.52 bits per heavy atom. The van der Waals surface area contributed by atoms with Gasteiger partial charge in [-0.3, -0.25) is 5.41 Å². The van der Waals surface area contributed by atoms with Crippen molar-refractivity contribution in [3.8, 4) is 11.5 Å². The van der Waals surface area contributed by atoms with E-state index in [1.807, 2.05) is 42.5 Å². The molecule has 0 amide bonds. The standard InChI is InChI=1S/C17H13ClN2O/c18-15-10-12(8-9-14(15)17(19)20)21-16-7-3-5-11-4-1-2-6-13(11)16/h1-10H,(H3,19,20). The van der Waals surface area contributed by atoms with Gasteiger partial charge in [0.2, 0.25) is 0 Å². The third-order valence-electron chi connectivity index (χ3n) is 3.21. The van der Waals surface area contributed by atoms with Gasteiger partial charge in [0.25, 0.3) is 0 Å². The summed E-state index contributed by atoms with van der Waals surface area (Å²) >= 11 is 6.11. The van der Waals surface area contributed by atoms with Crippen LogP contribution in [0.25, 0.3) is 10.8 Å². The average Bonchev–Trinajstić information content (AvgIpc) is 2.47. The van der Waals surface area contributed by atoms with Crippen molar-refractivity contribution < 1.29 is 4.74 Å². The third-order valence-corrected chi connectivity index (χ3v) is 3.52. The maximum atomic E-state index is 7.43. The van der Waals surface area contributed by atoms with Gasteiger partial charge in [0, 0.05) is 17.0 Å². The Morgan fingerprint density at radius 1 is 1.00 bits per heavy atom. The predicted molar refractivity (Wildman–Crippen MR) is 86.5 cm³/mol. The summed E-state index contributed by atoms with van der Waals surface area (Å²) in [5, 5.41) is 9.98. The molecule has 0 heterocycles. The molecule has 0 aliphatic heterocycles. The van der Waals surface area contributed by atoms with Crippen molar-refractivity contribution >= 4 is 28.2 Å². The number of ether oxygens (including phenoxy) is 1. The Labute approximate surface area is 127 Å². The van der Waals surface area contributed by atoms with Crippen LogP contribution in [0, 0.1) is 5.41 Å². The first-order chi connectivity index (χ1) is 10.1. The van der Waals surface area contributed by atoms with Crippen LogP contribution in [0.4, 0.5) is 0 Å². The minimum absolute atomic E-state index is 0.0586. The number of nitrogens with one attached hydrogen (secondary N) is 1. The number of rotatable bonds is 3. The molecule has 0 atom stereocenters. The quantitative estimate of drug-likeness (QED) is 0.549. The van der Waals surface area contributed by atoms with Gasteiger partial charge < -0.3 is 10.5 Å². The molecule has 3 rings (SSSR count). The second kappa shape index (κ2) is 5.46. The molecule has 21 heavy (non-hydrogen) atoms. The number of hydrogen-bond donors (Lipinski definition) is 2. The Balaban J connectivity index is 1.99. The van der Waals surface area contributed by atoms with Crippen LogP contribution in [0.15, 0.2) is 60.7 Å². The highest BCUT2D eigenvalue weighted by Gasteiger charge is 2.07. The minimum Gasteiger partial charge on any atom is -0.457 e. The highest BCUT2D eigenvalue weighted by atomic mass is 35.5. The lowest BCUT2D eigenvalue weighted by Crippen LogP contribution is -2.11. The summed E-state index contributed by atoms with van der Waals surface area (Å²) in [6.45, 7) is 0. The van der Waals surface area contributed by atoms with Gasteiger partial charge in [0.05, 0.1) is 5.02 Å². The molecule has 104 valence electrons. The fraction of sp³-hybridized carbons (Fsp3) is 0. The number of hydrogen-bond acceptors (Lipinski definition) is 2. The molecule has 0 fully saturated rings. The molecule has 0 aromatic heterocycles. The van der Waals surface area contributed by atoms with E-state index >= 15 is 0 Å². The molecule has 0 spiro atoms. The zero-order chi connectivity index (χ0) is 14.8. The smallest absolute Gasteiger partial charge is 0.135 e. The first kappa shape index (κ1) is 13.5. The minimum atomic E-state index is -0.0586. The van der Waals surface area contributed by atoms with Crippen molar-refractivity contribution in [3.63, 3.8) is 0 Å². The van der Waals surface area contributed by atoms with E-state index in [4.69, 9.17) is 27.5 Å². The second-order valence-corrected chi connectivity index (χ2v) is 5.04. The average molecular weight is 297 g/mol. The SMILES string of the molecule is N=C(N)c1ccc(Oc2cccc3ccccc23)cc1Cl. The van der Waals surface area contributed by atoms with E-state index in [9.17, 15) is 0 Å². The molecule has 3 nitrogen and oxygen atoms in total. The molecular formula is C17H13ClN2O. The van der Waals surface area contributed by atoms with Gasteiger partial charge in [-0.25, -0.2) is 0 Å². The highest BCUT2D eigenvalue weighted by molar-refractivity contribution is 6.34. The summed E-state index contributed by atoms with van der Waals surface area (Å²) in [6, 6.07) is 19.0. The van der Waals surface area contributed by atoms with E-state index in [1.165, 1.54) is 0 Å². The second-order valence-electron chi connectivity index (χ2n) is 4.63. The number of fused-ring (bicyclic) bond motifs is 1. The highest BCUT2D eigenvalue weighted by Crippen LogP contribution is 2.31. The van der Waals surface area contributed by atoms with Crippen LogP contribution in [0.2, 0.25) is 5.02 Å². The molecule has 3 aromatic carbocycles. The van der Waals surface area contributed by atoms with Crippen molar-refractivity contribution in [2.24, 2.45) is 5.73 Å². The molecule has 0 saturated heterocycles. The Kier molecular flexibility index (Phi) is 3.50. The van der Waals surface area contributed by atoms with E-state index in [2.05, 4.69) is 0 Å². The van der Waals surface area contributed by atoms with E-state index in [1.54, 1.807) is 18.2 Å². The van der Waals surface area contributed by atoms with E-state index in [0.29, 0.717) is 16.3 Å². The van der Waals surface area contributed by atoms with Crippen molar-refractivity contribution in [3.05, 3.63) is 71.2 Å². The zero-order valence-corrected chi connectivity index (χ0v) is 11.9. The summed E-state index contributed by atoms with van der Waals surface area (Å²) in [7, 11) is 0. The first-order valence-corrected chi connectivity index (χ1v) is 6.82.